The third-order valence-electron chi connectivity index (χ3n) is 13.6. The highest BCUT2D eigenvalue weighted by Gasteiger charge is 2.68. The molecular weight excluding hydrogens is 703 g/mol. The number of amides is 4. The lowest BCUT2D eigenvalue weighted by Gasteiger charge is -2.64. The Morgan fingerprint density at radius 1 is 1.00 bits per heavy atom. The standard InChI is InChI=1S/C41H61BN4O9/c1-8-11-33(42-54-32-19-28-18-31(40(28,5)6)41(32,7)55-42)43-35(47)30-20-29(53-38(50)45-21-26-12-9-10-13-27(26)22-45)23-46(30)36(48)34(39(2,3)4)44-37(49)52-24-25-14-16-51-17-15-25/h9-10,12-13,25,28-34H,8,11,14-24H2,1-7H3,(H,43,47)(H,44,49)/t28-,29+,30-,31-,32+,33-,34+,41-/m0/s1. The topological polar surface area (TPSA) is 145 Å². The van der Waals surface area contributed by atoms with Gasteiger partial charge in [-0.3, -0.25) is 14.5 Å². The molecule has 4 aliphatic heterocycles. The zero-order valence-corrected chi connectivity index (χ0v) is 33.8. The number of likely N-dealkylation sites (tertiary alicyclic amines) is 1. The van der Waals surface area contributed by atoms with Gasteiger partial charge in [-0.2, -0.15) is 0 Å². The lowest BCUT2D eigenvalue weighted by molar-refractivity contribution is -0.199. The molecule has 14 heteroatoms. The van der Waals surface area contributed by atoms with Crippen molar-refractivity contribution in [1.29, 1.82) is 0 Å². The second kappa shape index (κ2) is 15.5. The molecule has 55 heavy (non-hydrogen) atoms. The first kappa shape index (κ1) is 39.9. The van der Waals surface area contributed by atoms with Gasteiger partial charge in [-0.1, -0.05) is 72.2 Å². The van der Waals surface area contributed by atoms with Crippen LogP contribution >= 0.6 is 0 Å². The molecule has 1 aromatic carbocycles. The van der Waals surface area contributed by atoms with E-state index in [0.29, 0.717) is 44.6 Å². The Balaban J connectivity index is 1.07. The molecule has 0 radical (unpaired) electrons. The van der Waals surface area contributed by atoms with Gasteiger partial charge in [-0.15, -0.1) is 0 Å². The van der Waals surface area contributed by atoms with Gasteiger partial charge >= 0.3 is 19.3 Å². The minimum absolute atomic E-state index is 0.00198. The second-order valence-electron chi connectivity index (χ2n) is 18.7. The van der Waals surface area contributed by atoms with Crippen LogP contribution in [0.3, 0.4) is 0 Å². The molecule has 13 nitrogen and oxygen atoms in total. The zero-order valence-electron chi connectivity index (χ0n) is 33.8. The maximum Gasteiger partial charge on any atom is 0.481 e. The Kier molecular flexibility index (Phi) is 11.3. The molecule has 8 rings (SSSR count). The molecule has 3 aliphatic carbocycles. The van der Waals surface area contributed by atoms with Gasteiger partial charge in [0.2, 0.25) is 11.8 Å². The van der Waals surface area contributed by atoms with Crippen molar-refractivity contribution in [2.45, 2.75) is 142 Å². The van der Waals surface area contributed by atoms with Crippen molar-refractivity contribution < 1.29 is 42.7 Å². The highest BCUT2D eigenvalue weighted by molar-refractivity contribution is 6.48. The SMILES string of the molecule is CCC[C@H](NC(=O)[C@@H]1C[C@@H](OC(=O)N2Cc3ccccc3C2)CN1C(=O)[C@@H](NC(=O)OCC1CCOCC1)C(C)(C)C)B1O[C@@H]2C[C@@H]3C[C@@H](C3(C)C)[C@]2(C)O1. The first-order chi connectivity index (χ1) is 26.1. The summed E-state index contributed by atoms with van der Waals surface area (Å²) in [5.74, 6) is -0.0962. The van der Waals surface area contributed by atoms with Crippen molar-refractivity contribution >= 4 is 31.1 Å². The number of benzene rings is 1. The fourth-order valence-corrected chi connectivity index (χ4v) is 10.1. The van der Waals surface area contributed by atoms with E-state index in [-0.39, 0.29) is 42.9 Å². The molecule has 7 aliphatic rings. The summed E-state index contributed by atoms with van der Waals surface area (Å²) in [4.78, 5) is 58.9. The third kappa shape index (κ3) is 7.97. The molecule has 4 heterocycles. The first-order valence-corrected chi connectivity index (χ1v) is 20.6. The van der Waals surface area contributed by atoms with Gasteiger partial charge in [0.15, 0.2) is 0 Å². The van der Waals surface area contributed by atoms with E-state index in [9.17, 15) is 19.2 Å². The minimum atomic E-state index is -1.02. The molecule has 4 amide bonds. The number of hydrogen-bond donors (Lipinski definition) is 2. The molecule has 6 fully saturated rings. The summed E-state index contributed by atoms with van der Waals surface area (Å²) in [5.41, 5.74) is 1.14. The molecule has 8 atom stereocenters. The van der Waals surface area contributed by atoms with E-state index in [4.69, 9.17) is 23.5 Å². The van der Waals surface area contributed by atoms with Gasteiger partial charge in [0.05, 0.1) is 30.8 Å². The van der Waals surface area contributed by atoms with E-state index in [0.717, 1.165) is 43.2 Å². The number of carbonyl (C=O) groups is 4. The van der Waals surface area contributed by atoms with Crippen molar-refractivity contribution in [2.24, 2.45) is 28.6 Å². The first-order valence-electron chi connectivity index (χ1n) is 20.6. The van der Waals surface area contributed by atoms with E-state index >= 15 is 0 Å². The second-order valence-corrected chi connectivity index (χ2v) is 18.7. The summed E-state index contributed by atoms with van der Waals surface area (Å²) in [6.45, 7) is 16.8. The van der Waals surface area contributed by atoms with Crippen LogP contribution in [0.4, 0.5) is 9.59 Å². The van der Waals surface area contributed by atoms with Crippen molar-refractivity contribution in [1.82, 2.24) is 20.4 Å². The number of ether oxygens (including phenoxy) is 3. The highest BCUT2D eigenvalue weighted by atomic mass is 16.7. The molecule has 0 unspecified atom stereocenters. The Morgan fingerprint density at radius 2 is 1.69 bits per heavy atom. The maximum absolute atomic E-state index is 14.6. The molecule has 3 saturated carbocycles. The fourth-order valence-electron chi connectivity index (χ4n) is 10.1. The summed E-state index contributed by atoms with van der Waals surface area (Å²) in [5, 5.41) is 6.05. The van der Waals surface area contributed by atoms with Gasteiger partial charge in [-0.05, 0) is 78.7 Å². The van der Waals surface area contributed by atoms with E-state index < -0.39 is 60.4 Å². The van der Waals surface area contributed by atoms with Crippen LogP contribution in [-0.2, 0) is 46.2 Å². The predicted molar refractivity (Wildman–Crippen MR) is 204 cm³/mol. The van der Waals surface area contributed by atoms with Crippen LogP contribution in [0, 0.1) is 28.6 Å². The molecule has 1 aromatic rings. The van der Waals surface area contributed by atoms with Crippen LogP contribution in [0.15, 0.2) is 24.3 Å². The van der Waals surface area contributed by atoms with E-state index in [2.05, 4.69) is 38.3 Å². The van der Waals surface area contributed by atoms with Crippen LogP contribution in [0.25, 0.3) is 0 Å². The van der Waals surface area contributed by atoms with Gasteiger partial charge < -0.3 is 39.1 Å². The van der Waals surface area contributed by atoms with Crippen molar-refractivity contribution in [3.8, 4) is 0 Å². The number of fused-ring (bicyclic) bond motifs is 1. The molecule has 2 bridgehead atoms. The minimum Gasteiger partial charge on any atom is -0.449 e. The smallest absolute Gasteiger partial charge is 0.449 e. The maximum atomic E-state index is 14.6. The lowest BCUT2D eigenvalue weighted by Crippen LogP contribution is -2.65. The van der Waals surface area contributed by atoms with Gasteiger partial charge in [0, 0.05) is 32.7 Å². The molecule has 0 aromatic heterocycles. The summed E-state index contributed by atoms with van der Waals surface area (Å²) >= 11 is 0. The van der Waals surface area contributed by atoms with Gasteiger partial charge in [0.1, 0.15) is 18.2 Å². The Bertz CT molecular complexity index is 1590. The molecule has 2 N–H and O–H groups in total. The van der Waals surface area contributed by atoms with Gasteiger partial charge in [0.25, 0.3) is 0 Å². The quantitative estimate of drug-likeness (QED) is 0.306. The van der Waals surface area contributed by atoms with Crippen LogP contribution in [0.2, 0.25) is 0 Å². The lowest BCUT2D eigenvalue weighted by atomic mass is 9.43. The number of nitrogens with zero attached hydrogens (tertiary/aromatic N) is 2. The average molecular weight is 765 g/mol. The van der Waals surface area contributed by atoms with Crippen LogP contribution < -0.4 is 10.6 Å². The number of rotatable bonds is 10. The summed E-state index contributed by atoms with van der Waals surface area (Å²) in [6.07, 6.45) is 3.21. The Morgan fingerprint density at radius 3 is 2.33 bits per heavy atom. The molecule has 3 saturated heterocycles. The Hall–Kier alpha value is -3.36. The third-order valence-corrected chi connectivity index (χ3v) is 13.6. The van der Waals surface area contributed by atoms with E-state index in [1.807, 2.05) is 45.0 Å². The van der Waals surface area contributed by atoms with Crippen LogP contribution in [0.5, 0.6) is 0 Å². The van der Waals surface area contributed by atoms with Crippen molar-refractivity contribution in [3.63, 3.8) is 0 Å². The average Bonchev–Trinajstić information content (AvgIpc) is 3.87. The Labute approximate surface area is 326 Å². The zero-order chi connectivity index (χ0) is 39.3. The number of hydrogen-bond acceptors (Lipinski definition) is 9. The monoisotopic (exact) mass is 764 g/mol. The molecule has 0 spiro atoms. The predicted octanol–water partition coefficient (Wildman–Crippen LogP) is 5.23. The summed E-state index contributed by atoms with van der Waals surface area (Å²) in [7, 11) is -0.625. The normalized spacial score (nSPS) is 30.8. The van der Waals surface area contributed by atoms with Crippen LogP contribution in [-0.4, -0.2) is 103 Å². The molecule has 302 valence electrons. The van der Waals surface area contributed by atoms with Gasteiger partial charge in [-0.25, -0.2) is 9.59 Å². The molecular formula is C41H61BN4O9. The van der Waals surface area contributed by atoms with Crippen molar-refractivity contribution in [3.05, 3.63) is 35.4 Å². The largest absolute Gasteiger partial charge is 0.481 e. The van der Waals surface area contributed by atoms with E-state index in [1.54, 1.807) is 4.90 Å². The number of carbonyl (C=O) groups excluding carboxylic acids is 4. The highest BCUT2D eigenvalue weighted by Crippen LogP contribution is 2.65. The van der Waals surface area contributed by atoms with E-state index in [1.165, 1.54) is 4.90 Å². The number of nitrogens with one attached hydrogen (secondary N) is 2. The van der Waals surface area contributed by atoms with Crippen molar-refractivity contribution in [2.75, 3.05) is 26.4 Å². The summed E-state index contributed by atoms with van der Waals surface area (Å²) < 4.78 is 30.5. The number of alkyl carbamates (subject to hydrolysis) is 1. The van der Waals surface area contributed by atoms with Crippen LogP contribution in [0.1, 0.15) is 105 Å². The summed E-state index contributed by atoms with van der Waals surface area (Å²) in [6, 6.07) is 5.91. The fraction of sp³-hybridized carbons (Fsp3) is 0.756.